The molecule has 0 amide bonds. The molecule has 0 aliphatic heterocycles. The zero-order valence-electron chi connectivity index (χ0n) is 15.6. The highest BCUT2D eigenvalue weighted by Gasteiger charge is 2.04. The maximum absolute atomic E-state index is 11.6. The molecule has 1 aromatic rings. The van der Waals surface area contributed by atoms with Gasteiger partial charge >= 0.3 is 0 Å². The van der Waals surface area contributed by atoms with Crippen LogP contribution in [-0.2, 0) is 6.54 Å². The number of nitrogens with one attached hydrogen (secondary N) is 2. The van der Waals surface area contributed by atoms with Gasteiger partial charge in [0.1, 0.15) is 0 Å². The van der Waals surface area contributed by atoms with E-state index in [0.717, 1.165) is 31.9 Å². The van der Waals surface area contributed by atoms with E-state index in [2.05, 4.69) is 29.5 Å². The Bertz CT molecular complexity index is 524. The van der Waals surface area contributed by atoms with Gasteiger partial charge < -0.3 is 15.2 Å². The van der Waals surface area contributed by atoms with E-state index in [9.17, 15) is 4.79 Å². The number of hydrogen-bond acceptors (Lipinski definition) is 2. The molecule has 1 atom stereocenters. The lowest BCUT2D eigenvalue weighted by Gasteiger charge is -2.18. The summed E-state index contributed by atoms with van der Waals surface area (Å²) in [6.45, 7) is 6.08. The normalized spacial score (nSPS) is 12.9. The van der Waals surface area contributed by atoms with Crippen LogP contribution in [0, 0.1) is 0 Å². The smallest absolute Gasteiger partial charge is 0.250 e. The van der Waals surface area contributed by atoms with Crippen molar-refractivity contribution >= 4 is 5.96 Å². The maximum atomic E-state index is 11.6. The number of rotatable bonds is 11. The van der Waals surface area contributed by atoms with Crippen LogP contribution in [0.2, 0.25) is 0 Å². The van der Waals surface area contributed by atoms with Crippen molar-refractivity contribution in [3.05, 3.63) is 34.7 Å². The fourth-order valence-electron chi connectivity index (χ4n) is 2.64. The van der Waals surface area contributed by atoms with E-state index in [1.54, 1.807) is 16.7 Å². The van der Waals surface area contributed by atoms with E-state index < -0.39 is 0 Å². The number of guanidine groups is 1. The van der Waals surface area contributed by atoms with Crippen molar-refractivity contribution in [1.29, 1.82) is 0 Å². The number of unbranched alkanes of at least 4 members (excludes halogenated alkanes) is 4. The molecule has 0 spiro atoms. The van der Waals surface area contributed by atoms with Crippen molar-refractivity contribution < 1.29 is 0 Å². The zero-order chi connectivity index (χ0) is 17.6. The fraction of sp³-hybridized carbons (Fsp3) is 0.684. The Hall–Kier alpha value is -1.78. The van der Waals surface area contributed by atoms with Crippen molar-refractivity contribution in [1.82, 2.24) is 15.2 Å². The predicted octanol–water partition coefficient (Wildman–Crippen LogP) is 3.15. The number of aromatic nitrogens is 1. The quantitative estimate of drug-likeness (QED) is 0.371. The lowest BCUT2D eigenvalue weighted by atomic mass is 10.1. The summed E-state index contributed by atoms with van der Waals surface area (Å²) >= 11 is 0. The van der Waals surface area contributed by atoms with Crippen molar-refractivity contribution in [3.8, 4) is 0 Å². The zero-order valence-corrected chi connectivity index (χ0v) is 15.6. The van der Waals surface area contributed by atoms with E-state index in [1.165, 1.54) is 32.1 Å². The molecule has 0 aliphatic rings. The lowest BCUT2D eigenvalue weighted by Crippen LogP contribution is -2.42. The van der Waals surface area contributed by atoms with Gasteiger partial charge in [0.15, 0.2) is 5.96 Å². The molecule has 1 rings (SSSR count). The molecule has 0 saturated heterocycles. The van der Waals surface area contributed by atoms with E-state index in [4.69, 9.17) is 0 Å². The van der Waals surface area contributed by atoms with E-state index in [1.807, 2.05) is 19.3 Å². The Labute approximate surface area is 146 Å². The van der Waals surface area contributed by atoms with Gasteiger partial charge in [0.2, 0.25) is 5.56 Å². The monoisotopic (exact) mass is 334 g/mol. The molecule has 0 saturated carbocycles. The molecule has 2 N–H and O–H groups in total. The van der Waals surface area contributed by atoms with Crippen LogP contribution in [0.4, 0.5) is 0 Å². The van der Waals surface area contributed by atoms with Gasteiger partial charge in [-0.3, -0.25) is 9.79 Å². The molecule has 0 bridgehead atoms. The molecule has 1 heterocycles. The standard InChI is InChI=1S/C19H34N4O/c1-4-5-6-7-12-17(2)22-19(20-3)21-14-9-11-16-23-15-10-8-13-18(23)24/h8,10,13,15,17H,4-7,9,11-12,14,16H2,1-3H3,(H2,20,21,22). The number of aryl methyl sites for hydroxylation is 1. The van der Waals surface area contributed by atoms with Gasteiger partial charge in [-0.15, -0.1) is 0 Å². The van der Waals surface area contributed by atoms with Crippen LogP contribution in [0.15, 0.2) is 34.2 Å². The summed E-state index contributed by atoms with van der Waals surface area (Å²) in [5.41, 5.74) is 0.0693. The molecular weight excluding hydrogens is 300 g/mol. The molecule has 0 aliphatic carbocycles. The summed E-state index contributed by atoms with van der Waals surface area (Å²) in [6, 6.07) is 5.72. The van der Waals surface area contributed by atoms with Gasteiger partial charge in [-0.1, -0.05) is 38.7 Å². The number of pyridine rings is 1. The van der Waals surface area contributed by atoms with E-state index in [-0.39, 0.29) is 5.56 Å². The van der Waals surface area contributed by atoms with Crippen molar-refractivity contribution in [2.45, 2.75) is 71.4 Å². The Morgan fingerprint density at radius 3 is 2.75 bits per heavy atom. The van der Waals surface area contributed by atoms with Crippen LogP contribution in [0.5, 0.6) is 0 Å². The van der Waals surface area contributed by atoms with Crippen molar-refractivity contribution in [3.63, 3.8) is 0 Å². The minimum Gasteiger partial charge on any atom is -0.356 e. The second kappa shape index (κ2) is 12.6. The summed E-state index contributed by atoms with van der Waals surface area (Å²) in [5, 5.41) is 6.80. The summed E-state index contributed by atoms with van der Waals surface area (Å²) in [4.78, 5) is 15.9. The Kier molecular flexibility index (Phi) is 10.7. The van der Waals surface area contributed by atoms with Gasteiger partial charge in [-0.25, -0.2) is 0 Å². The van der Waals surface area contributed by atoms with E-state index in [0.29, 0.717) is 6.04 Å². The molecular formula is C19H34N4O. The van der Waals surface area contributed by atoms with Gasteiger partial charge in [-0.05, 0) is 32.3 Å². The van der Waals surface area contributed by atoms with Gasteiger partial charge in [0.25, 0.3) is 0 Å². The first-order valence-corrected chi connectivity index (χ1v) is 9.30. The highest BCUT2D eigenvalue weighted by Crippen LogP contribution is 2.05. The molecule has 0 aromatic carbocycles. The van der Waals surface area contributed by atoms with Crippen LogP contribution in [-0.4, -0.2) is 30.2 Å². The Morgan fingerprint density at radius 1 is 1.21 bits per heavy atom. The first-order valence-electron chi connectivity index (χ1n) is 9.30. The van der Waals surface area contributed by atoms with Crippen LogP contribution in [0.3, 0.4) is 0 Å². The molecule has 0 fully saturated rings. The van der Waals surface area contributed by atoms with Crippen molar-refractivity contribution in [2.24, 2.45) is 4.99 Å². The first-order chi connectivity index (χ1) is 11.7. The lowest BCUT2D eigenvalue weighted by molar-refractivity contribution is 0.533. The predicted molar refractivity (Wildman–Crippen MR) is 103 cm³/mol. The van der Waals surface area contributed by atoms with Crippen LogP contribution in [0.1, 0.15) is 58.8 Å². The highest BCUT2D eigenvalue weighted by molar-refractivity contribution is 5.79. The second-order valence-electron chi connectivity index (χ2n) is 6.33. The molecule has 136 valence electrons. The highest BCUT2D eigenvalue weighted by atomic mass is 16.1. The van der Waals surface area contributed by atoms with Crippen LogP contribution >= 0.6 is 0 Å². The minimum absolute atomic E-state index is 0.0693. The third-order valence-electron chi connectivity index (χ3n) is 4.11. The average molecular weight is 335 g/mol. The number of aliphatic imine (C=N–C) groups is 1. The first kappa shape index (κ1) is 20.3. The van der Waals surface area contributed by atoms with Gasteiger partial charge in [-0.2, -0.15) is 0 Å². The summed E-state index contributed by atoms with van der Waals surface area (Å²) < 4.78 is 1.76. The average Bonchev–Trinajstić information content (AvgIpc) is 2.59. The molecule has 1 unspecified atom stereocenters. The van der Waals surface area contributed by atoms with E-state index >= 15 is 0 Å². The Morgan fingerprint density at radius 2 is 2.04 bits per heavy atom. The van der Waals surface area contributed by atoms with Gasteiger partial charge in [0, 0.05) is 38.4 Å². The molecule has 5 nitrogen and oxygen atoms in total. The largest absolute Gasteiger partial charge is 0.356 e. The van der Waals surface area contributed by atoms with Crippen molar-refractivity contribution in [2.75, 3.05) is 13.6 Å². The fourth-order valence-corrected chi connectivity index (χ4v) is 2.64. The maximum Gasteiger partial charge on any atom is 0.250 e. The Balaban J connectivity index is 2.15. The molecule has 5 heteroatoms. The number of hydrogen-bond donors (Lipinski definition) is 2. The molecule has 1 aromatic heterocycles. The van der Waals surface area contributed by atoms with Crippen LogP contribution in [0.25, 0.3) is 0 Å². The topological polar surface area (TPSA) is 58.4 Å². The minimum atomic E-state index is 0.0693. The third kappa shape index (κ3) is 8.75. The summed E-state index contributed by atoms with van der Waals surface area (Å²) in [6.07, 6.45) is 10.2. The second-order valence-corrected chi connectivity index (χ2v) is 6.33. The van der Waals surface area contributed by atoms with Crippen LogP contribution < -0.4 is 16.2 Å². The number of nitrogens with zero attached hydrogens (tertiary/aromatic N) is 2. The summed E-state index contributed by atoms with van der Waals surface area (Å²) in [5.74, 6) is 0.870. The van der Waals surface area contributed by atoms with Gasteiger partial charge in [0.05, 0.1) is 0 Å². The molecule has 24 heavy (non-hydrogen) atoms. The summed E-state index contributed by atoms with van der Waals surface area (Å²) in [7, 11) is 1.81. The molecule has 0 radical (unpaired) electrons. The third-order valence-corrected chi connectivity index (χ3v) is 4.11. The SMILES string of the molecule is CCCCCCC(C)NC(=NC)NCCCCn1ccccc1=O.